The van der Waals surface area contributed by atoms with Crippen LogP contribution in [0.25, 0.3) is 10.9 Å². The predicted octanol–water partition coefficient (Wildman–Crippen LogP) is 3.93. The molecule has 0 bridgehead atoms. The molecule has 0 saturated heterocycles. The highest BCUT2D eigenvalue weighted by atomic mass is 19.1. The maximum Gasteiger partial charge on any atom is 0.274 e. The monoisotopic (exact) mass is 368 g/mol. The minimum atomic E-state index is -0.686. The van der Waals surface area contributed by atoms with E-state index >= 15 is 0 Å². The molecule has 2 heterocycles. The van der Waals surface area contributed by atoms with Gasteiger partial charge < -0.3 is 10.1 Å². The minimum absolute atomic E-state index is 0.0284. The second-order valence-corrected chi connectivity index (χ2v) is 6.92. The fourth-order valence-electron chi connectivity index (χ4n) is 3.51. The molecule has 1 aliphatic carbocycles. The van der Waals surface area contributed by atoms with Gasteiger partial charge in [-0.1, -0.05) is 18.9 Å². The number of amides is 1. The fourth-order valence-corrected chi connectivity index (χ4v) is 3.51. The molecular formula is C20H21FN4O2. The van der Waals surface area contributed by atoms with E-state index in [2.05, 4.69) is 15.4 Å². The summed E-state index contributed by atoms with van der Waals surface area (Å²) in [5, 5.41) is 8.10. The van der Waals surface area contributed by atoms with Crippen LogP contribution in [-0.2, 0) is 7.05 Å². The molecule has 0 spiro atoms. The summed E-state index contributed by atoms with van der Waals surface area (Å²) in [6, 6.07) is 9.60. The van der Waals surface area contributed by atoms with E-state index in [-0.39, 0.29) is 5.69 Å². The van der Waals surface area contributed by atoms with Crippen molar-refractivity contribution in [2.24, 2.45) is 13.0 Å². The third kappa shape index (κ3) is 3.77. The Morgan fingerprint density at radius 3 is 2.89 bits per heavy atom. The number of nitrogens with zero attached hydrogens (tertiary/aromatic N) is 3. The van der Waals surface area contributed by atoms with Crippen molar-refractivity contribution in [1.29, 1.82) is 0 Å². The second kappa shape index (κ2) is 7.34. The largest absolute Gasteiger partial charge is 0.476 e. The van der Waals surface area contributed by atoms with Crippen molar-refractivity contribution in [3.05, 3.63) is 48.0 Å². The molecule has 0 aliphatic heterocycles. The molecule has 1 amide bonds. The molecule has 6 nitrogen and oxygen atoms in total. The fraction of sp³-hybridized carbons (Fsp3) is 0.350. The van der Waals surface area contributed by atoms with Gasteiger partial charge in [-0.05, 0) is 49.1 Å². The first-order valence-corrected chi connectivity index (χ1v) is 9.13. The quantitative estimate of drug-likeness (QED) is 0.693. The molecule has 2 aromatic heterocycles. The molecule has 140 valence electrons. The Bertz CT molecular complexity index is 979. The van der Waals surface area contributed by atoms with Crippen LogP contribution in [0.2, 0.25) is 0 Å². The van der Waals surface area contributed by atoms with Gasteiger partial charge in [-0.2, -0.15) is 4.39 Å². The van der Waals surface area contributed by atoms with Crippen LogP contribution in [0.5, 0.6) is 5.88 Å². The number of rotatable bonds is 5. The first kappa shape index (κ1) is 17.5. The van der Waals surface area contributed by atoms with Crippen molar-refractivity contribution >= 4 is 22.5 Å². The summed E-state index contributed by atoms with van der Waals surface area (Å²) in [7, 11) is 1.84. The van der Waals surface area contributed by atoms with Gasteiger partial charge in [0, 0.05) is 12.7 Å². The lowest BCUT2D eigenvalue weighted by atomic mass is 10.1. The molecule has 1 aromatic carbocycles. The molecular weight excluding hydrogens is 347 g/mol. The number of halogens is 1. The van der Waals surface area contributed by atoms with Gasteiger partial charge >= 0.3 is 0 Å². The Morgan fingerprint density at radius 1 is 1.30 bits per heavy atom. The molecule has 1 saturated carbocycles. The Hall–Kier alpha value is -2.96. The molecule has 1 fully saturated rings. The van der Waals surface area contributed by atoms with E-state index in [1.165, 1.54) is 43.9 Å². The number of aromatic nitrogens is 3. The highest BCUT2D eigenvalue weighted by Gasteiger charge is 2.18. The lowest BCUT2D eigenvalue weighted by Gasteiger charge is -2.09. The van der Waals surface area contributed by atoms with Crippen LogP contribution in [0.1, 0.15) is 36.2 Å². The Kier molecular flexibility index (Phi) is 4.75. The normalized spacial score (nSPS) is 14.6. The second-order valence-electron chi connectivity index (χ2n) is 6.92. The van der Waals surface area contributed by atoms with Crippen molar-refractivity contribution in [2.45, 2.75) is 25.7 Å². The number of fused-ring (bicyclic) bond motifs is 1. The van der Waals surface area contributed by atoms with Crippen LogP contribution >= 0.6 is 0 Å². The van der Waals surface area contributed by atoms with Gasteiger partial charge in [-0.25, -0.2) is 4.98 Å². The third-order valence-corrected chi connectivity index (χ3v) is 4.95. The van der Waals surface area contributed by atoms with Crippen LogP contribution in [0.4, 0.5) is 10.1 Å². The molecule has 1 N–H and O–H groups in total. The lowest BCUT2D eigenvalue weighted by Crippen LogP contribution is -2.14. The smallest absolute Gasteiger partial charge is 0.274 e. The Balaban J connectivity index is 1.52. The summed E-state index contributed by atoms with van der Waals surface area (Å²) >= 11 is 0. The van der Waals surface area contributed by atoms with Gasteiger partial charge in [0.25, 0.3) is 5.91 Å². The van der Waals surface area contributed by atoms with Crippen LogP contribution < -0.4 is 10.1 Å². The van der Waals surface area contributed by atoms with Crippen molar-refractivity contribution in [3.8, 4) is 5.88 Å². The van der Waals surface area contributed by atoms with E-state index in [1.54, 1.807) is 10.7 Å². The minimum Gasteiger partial charge on any atom is -0.476 e. The summed E-state index contributed by atoms with van der Waals surface area (Å²) < 4.78 is 20.9. The number of ether oxygens (including phenoxy) is 1. The topological polar surface area (TPSA) is 69.0 Å². The van der Waals surface area contributed by atoms with E-state index < -0.39 is 11.9 Å². The van der Waals surface area contributed by atoms with Crippen LogP contribution in [0.3, 0.4) is 0 Å². The summed E-state index contributed by atoms with van der Waals surface area (Å²) in [4.78, 5) is 15.9. The number of carbonyl (C=O) groups is 1. The molecule has 0 atom stereocenters. The number of pyridine rings is 1. The van der Waals surface area contributed by atoms with Gasteiger partial charge in [-0.15, -0.1) is 5.10 Å². The molecule has 3 aromatic rings. The van der Waals surface area contributed by atoms with Crippen molar-refractivity contribution in [2.75, 3.05) is 11.9 Å². The van der Waals surface area contributed by atoms with Crippen molar-refractivity contribution in [1.82, 2.24) is 14.8 Å². The molecule has 27 heavy (non-hydrogen) atoms. The average Bonchev–Trinajstić information content (AvgIpc) is 3.28. The van der Waals surface area contributed by atoms with Crippen LogP contribution in [0, 0.1) is 11.9 Å². The first-order chi connectivity index (χ1) is 13.1. The zero-order valence-corrected chi connectivity index (χ0v) is 15.1. The first-order valence-electron chi connectivity index (χ1n) is 9.13. The zero-order valence-electron chi connectivity index (χ0n) is 15.1. The van der Waals surface area contributed by atoms with Crippen LogP contribution in [-0.4, -0.2) is 27.3 Å². The molecule has 0 radical (unpaired) electrons. The van der Waals surface area contributed by atoms with E-state index in [0.29, 0.717) is 24.1 Å². The molecule has 4 rings (SSSR count). The molecule has 0 unspecified atom stereocenters. The van der Waals surface area contributed by atoms with Crippen LogP contribution in [0.15, 0.2) is 36.4 Å². The van der Waals surface area contributed by atoms with E-state index in [4.69, 9.17) is 4.74 Å². The van der Waals surface area contributed by atoms with Gasteiger partial charge in [-0.3, -0.25) is 9.48 Å². The summed E-state index contributed by atoms with van der Waals surface area (Å²) in [5.41, 5.74) is 1.46. The number of benzene rings is 1. The van der Waals surface area contributed by atoms with E-state index in [9.17, 15) is 9.18 Å². The number of hydrogen-bond acceptors (Lipinski definition) is 4. The van der Waals surface area contributed by atoms with Gasteiger partial charge in [0.2, 0.25) is 11.8 Å². The standard InChI is InChI=1S/C20H21FN4O2/c1-25-17-11-14(22-19(26)16-7-4-8-18(21)23-16)9-10-15(17)20(24-25)27-12-13-5-2-3-6-13/h4,7-11,13H,2-3,5-6,12H2,1H3,(H,22,26). The van der Waals surface area contributed by atoms with Crippen molar-refractivity contribution < 1.29 is 13.9 Å². The zero-order chi connectivity index (χ0) is 18.8. The number of nitrogens with one attached hydrogen (secondary N) is 1. The van der Waals surface area contributed by atoms with Gasteiger partial charge in [0.15, 0.2) is 0 Å². The maximum atomic E-state index is 13.2. The molecule has 1 aliphatic rings. The number of hydrogen-bond donors (Lipinski definition) is 1. The number of carbonyl (C=O) groups excluding carboxylic acids is 1. The molecule has 7 heteroatoms. The number of anilines is 1. The van der Waals surface area contributed by atoms with Gasteiger partial charge in [0.05, 0.1) is 17.5 Å². The maximum absolute atomic E-state index is 13.2. The van der Waals surface area contributed by atoms with Gasteiger partial charge in [0.1, 0.15) is 5.69 Å². The Morgan fingerprint density at radius 2 is 2.11 bits per heavy atom. The summed E-state index contributed by atoms with van der Waals surface area (Å²) in [5.74, 6) is 0.0750. The van der Waals surface area contributed by atoms with E-state index in [0.717, 1.165) is 10.9 Å². The Labute approximate surface area is 156 Å². The number of aryl methyl sites for hydroxylation is 1. The third-order valence-electron chi connectivity index (χ3n) is 4.95. The summed E-state index contributed by atoms with van der Waals surface area (Å²) in [6.07, 6.45) is 4.99. The average molecular weight is 368 g/mol. The summed E-state index contributed by atoms with van der Waals surface area (Å²) in [6.45, 7) is 0.690. The lowest BCUT2D eigenvalue weighted by molar-refractivity contribution is 0.102. The SMILES string of the molecule is Cn1nc(OCC2CCCC2)c2ccc(NC(=O)c3cccc(F)n3)cc21. The highest BCUT2D eigenvalue weighted by Crippen LogP contribution is 2.30. The highest BCUT2D eigenvalue weighted by molar-refractivity contribution is 6.04. The predicted molar refractivity (Wildman–Crippen MR) is 100 cm³/mol. The van der Waals surface area contributed by atoms with Crippen molar-refractivity contribution in [3.63, 3.8) is 0 Å². The van der Waals surface area contributed by atoms with E-state index in [1.807, 2.05) is 19.2 Å².